The Hall–Kier alpha value is -0.610. The van der Waals surface area contributed by atoms with Gasteiger partial charge in [-0.15, -0.1) is 0 Å². The lowest BCUT2D eigenvalue weighted by Crippen LogP contribution is -2.41. The highest BCUT2D eigenvalue weighted by molar-refractivity contribution is 5.78. The average molecular weight is 240 g/mol. The third-order valence-electron chi connectivity index (χ3n) is 3.99. The minimum absolute atomic E-state index is 0.268. The second-order valence-corrected chi connectivity index (χ2v) is 5.22. The summed E-state index contributed by atoms with van der Waals surface area (Å²) in [6.07, 6.45) is 6.61. The van der Waals surface area contributed by atoms with Crippen molar-refractivity contribution < 1.29 is 9.90 Å². The van der Waals surface area contributed by atoms with Crippen LogP contribution in [-0.4, -0.2) is 59.6 Å². The molecule has 0 bridgehead atoms. The van der Waals surface area contributed by atoms with Crippen molar-refractivity contribution >= 4 is 5.91 Å². The first-order valence-corrected chi connectivity index (χ1v) is 6.94. The molecule has 0 saturated carbocycles. The average Bonchev–Trinajstić information content (AvgIpc) is 2.97. The monoisotopic (exact) mass is 240 g/mol. The van der Waals surface area contributed by atoms with Crippen molar-refractivity contribution in [3.8, 4) is 0 Å². The van der Waals surface area contributed by atoms with Crippen LogP contribution in [0.1, 0.15) is 38.5 Å². The third kappa shape index (κ3) is 3.42. The number of likely N-dealkylation sites (tertiary alicyclic amines) is 2. The van der Waals surface area contributed by atoms with Gasteiger partial charge in [0, 0.05) is 25.7 Å². The zero-order chi connectivity index (χ0) is 12.1. The highest BCUT2D eigenvalue weighted by Crippen LogP contribution is 2.21. The van der Waals surface area contributed by atoms with Crippen LogP contribution in [0, 0.1) is 0 Å². The summed E-state index contributed by atoms with van der Waals surface area (Å²) in [5, 5.41) is 8.87. The Morgan fingerprint density at radius 1 is 1.18 bits per heavy atom. The molecule has 1 amide bonds. The Labute approximate surface area is 104 Å². The van der Waals surface area contributed by atoms with Crippen LogP contribution in [-0.2, 0) is 4.79 Å². The van der Waals surface area contributed by atoms with E-state index in [0.717, 1.165) is 32.5 Å². The largest absolute Gasteiger partial charge is 0.396 e. The van der Waals surface area contributed by atoms with Gasteiger partial charge in [0.25, 0.3) is 0 Å². The summed E-state index contributed by atoms with van der Waals surface area (Å²) in [5.74, 6) is 0.304. The lowest BCUT2D eigenvalue weighted by molar-refractivity contribution is -0.131. The molecular weight excluding hydrogens is 216 g/mol. The molecule has 1 N–H and O–H groups in total. The van der Waals surface area contributed by atoms with Gasteiger partial charge in [0.1, 0.15) is 0 Å². The number of aliphatic hydroxyl groups is 1. The molecule has 2 aliphatic rings. The van der Waals surface area contributed by atoms with Crippen molar-refractivity contribution in [2.24, 2.45) is 0 Å². The van der Waals surface area contributed by atoms with E-state index in [4.69, 9.17) is 5.11 Å². The molecule has 0 spiro atoms. The minimum Gasteiger partial charge on any atom is -0.396 e. The SMILES string of the molecule is O=C(CN1CCCC1CCCO)N1CCCC1. The van der Waals surface area contributed by atoms with Gasteiger partial charge in [-0.25, -0.2) is 0 Å². The van der Waals surface area contributed by atoms with E-state index in [-0.39, 0.29) is 6.61 Å². The number of amides is 1. The van der Waals surface area contributed by atoms with Gasteiger partial charge >= 0.3 is 0 Å². The number of hydrogen-bond acceptors (Lipinski definition) is 3. The van der Waals surface area contributed by atoms with E-state index in [2.05, 4.69) is 4.90 Å². The number of aliphatic hydroxyl groups excluding tert-OH is 1. The minimum atomic E-state index is 0.268. The number of nitrogens with zero attached hydrogens (tertiary/aromatic N) is 2. The molecule has 0 aromatic rings. The summed E-state index contributed by atoms with van der Waals surface area (Å²) in [5.41, 5.74) is 0. The maximum absolute atomic E-state index is 12.1. The van der Waals surface area contributed by atoms with E-state index in [1.807, 2.05) is 4.90 Å². The number of rotatable bonds is 5. The van der Waals surface area contributed by atoms with Crippen LogP contribution in [0.15, 0.2) is 0 Å². The second-order valence-electron chi connectivity index (χ2n) is 5.22. The Balaban J connectivity index is 1.78. The number of carbonyl (C=O) groups excluding carboxylic acids is 1. The van der Waals surface area contributed by atoms with Gasteiger partial charge in [-0.3, -0.25) is 9.69 Å². The van der Waals surface area contributed by atoms with E-state index >= 15 is 0 Å². The quantitative estimate of drug-likeness (QED) is 0.774. The fraction of sp³-hybridized carbons (Fsp3) is 0.923. The van der Waals surface area contributed by atoms with Crippen molar-refractivity contribution in [2.75, 3.05) is 32.8 Å². The molecule has 2 rings (SSSR count). The Bertz CT molecular complexity index is 252. The smallest absolute Gasteiger partial charge is 0.236 e. The molecule has 1 atom stereocenters. The molecule has 2 aliphatic heterocycles. The van der Waals surface area contributed by atoms with Crippen molar-refractivity contribution in [1.82, 2.24) is 9.80 Å². The lowest BCUT2D eigenvalue weighted by atomic mass is 10.1. The van der Waals surface area contributed by atoms with E-state index in [1.54, 1.807) is 0 Å². The fourth-order valence-corrected chi connectivity index (χ4v) is 3.00. The zero-order valence-corrected chi connectivity index (χ0v) is 10.6. The first kappa shape index (κ1) is 12.8. The molecule has 4 nitrogen and oxygen atoms in total. The molecule has 0 aromatic heterocycles. The number of carbonyl (C=O) groups is 1. The molecular formula is C13H24N2O2. The van der Waals surface area contributed by atoms with Crippen molar-refractivity contribution in [2.45, 2.75) is 44.6 Å². The molecule has 98 valence electrons. The van der Waals surface area contributed by atoms with E-state index in [9.17, 15) is 4.79 Å². The Kier molecular flexibility index (Phi) is 4.80. The third-order valence-corrected chi connectivity index (χ3v) is 3.99. The fourth-order valence-electron chi connectivity index (χ4n) is 3.00. The summed E-state index contributed by atoms with van der Waals surface area (Å²) in [6.45, 7) is 3.82. The summed E-state index contributed by atoms with van der Waals surface area (Å²) in [6, 6.07) is 0.522. The van der Waals surface area contributed by atoms with Gasteiger partial charge in [0.05, 0.1) is 6.54 Å². The van der Waals surface area contributed by atoms with Crippen molar-refractivity contribution in [3.05, 3.63) is 0 Å². The molecule has 2 saturated heterocycles. The van der Waals surface area contributed by atoms with E-state index < -0.39 is 0 Å². The standard InChI is InChI=1S/C13H24N2O2/c16-10-4-6-12-5-3-9-15(12)11-13(17)14-7-1-2-8-14/h12,16H,1-11H2. The Morgan fingerprint density at radius 2 is 1.94 bits per heavy atom. The van der Waals surface area contributed by atoms with Crippen LogP contribution in [0.25, 0.3) is 0 Å². The molecule has 4 heteroatoms. The predicted molar refractivity (Wildman–Crippen MR) is 66.7 cm³/mol. The summed E-state index contributed by atoms with van der Waals surface area (Å²) >= 11 is 0. The first-order valence-electron chi connectivity index (χ1n) is 6.94. The summed E-state index contributed by atoms with van der Waals surface area (Å²) in [7, 11) is 0. The highest BCUT2D eigenvalue weighted by Gasteiger charge is 2.28. The van der Waals surface area contributed by atoms with E-state index in [1.165, 1.54) is 25.7 Å². The normalized spacial score (nSPS) is 25.7. The second kappa shape index (κ2) is 6.36. The first-order chi connectivity index (χ1) is 8.31. The Morgan fingerprint density at radius 3 is 2.65 bits per heavy atom. The van der Waals surface area contributed by atoms with Crippen LogP contribution in [0.5, 0.6) is 0 Å². The topological polar surface area (TPSA) is 43.8 Å². The van der Waals surface area contributed by atoms with Crippen LogP contribution < -0.4 is 0 Å². The van der Waals surface area contributed by atoms with Crippen molar-refractivity contribution in [1.29, 1.82) is 0 Å². The summed E-state index contributed by atoms with van der Waals surface area (Å²) < 4.78 is 0. The molecule has 2 heterocycles. The van der Waals surface area contributed by atoms with Gasteiger partial charge in [-0.1, -0.05) is 0 Å². The van der Waals surface area contributed by atoms with Crippen LogP contribution in [0.2, 0.25) is 0 Å². The van der Waals surface area contributed by atoms with Gasteiger partial charge in [0.2, 0.25) is 5.91 Å². The highest BCUT2D eigenvalue weighted by atomic mass is 16.3. The van der Waals surface area contributed by atoms with Crippen LogP contribution >= 0.6 is 0 Å². The number of hydrogen-bond donors (Lipinski definition) is 1. The molecule has 2 fully saturated rings. The van der Waals surface area contributed by atoms with Crippen LogP contribution in [0.4, 0.5) is 0 Å². The zero-order valence-electron chi connectivity index (χ0n) is 10.6. The van der Waals surface area contributed by atoms with E-state index in [0.29, 0.717) is 18.5 Å². The molecule has 0 aliphatic carbocycles. The van der Waals surface area contributed by atoms with Gasteiger partial charge in [-0.2, -0.15) is 0 Å². The predicted octanol–water partition coefficient (Wildman–Crippen LogP) is 0.846. The maximum Gasteiger partial charge on any atom is 0.236 e. The maximum atomic E-state index is 12.1. The molecule has 17 heavy (non-hydrogen) atoms. The van der Waals surface area contributed by atoms with Gasteiger partial charge < -0.3 is 10.0 Å². The van der Waals surface area contributed by atoms with Crippen molar-refractivity contribution in [3.63, 3.8) is 0 Å². The molecule has 0 aromatic carbocycles. The lowest BCUT2D eigenvalue weighted by Gasteiger charge is -2.26. The molecule has 1 unspecified atom stereocenters. The van der Waals surface area contributed by atoms with Gasteiger partial charge in [0.15, 0.2) is 0 Å². The van der Waals surface area contributed by atoms with Crippen LogP contribution in [0.3, 0.4) is 0 Å². The van der Waals surface area contributed by atoms with Gasteiger partial charge in [-0.05, 0) is 45.1 Å². The molecule has 0 radical (unpaired) electrons. The summed E-state index contributed by atoms with van der Waals surface area (Å²) in [4.78, 5) is 16.4.